The molecule has 1 aliphatic rings. The topological polar surface area (TPSA) is 61.6 Å². The number of para-hydroxylation sites is 1. The highest BCUT2D eigenvalue weighted by atomic mass is 19.1. The van der Waals surface area contributed by atoms with E-state index >= 15 is 0 Å². The standard InChI is InChI=1S/C11H12FNO4/c12-9-4-1-5-10(11(9)13(14)15)17-7-8-3-2-6-16-8/h1,4-5,8H,2-3,6-7H2. The van der Waals surface area contributed by atoms with Gasteiger partial charge < -0.3 is 9.47 Å². The third-order valence-corrected chi connectivity index (χ3v) is 2.58. The number of nitro benzene ring substituents is 1. The van der Waals surface area contributed by atoms with Gasteiger partial charge in [0.25, 0.3) is 0 Å². The van der Waals surface area contributed by atoms with E-state index in [1.807, 2.05) is 0 Å². The van der Waals surface area contributed by atoms with Gasteiger partial charge in [-0.15, -0.1) is 0 Å². The van der Waals surface area contributed by atoms with E-state index in [0.29, 0.717) is 6.61 Å². The summed E-state index contributed by atoms with van der Waals surface area (Å²) < 4.78 is 23.8. The molecule has 0 bridgehead atoms. The molecule has 92 valence electrons. The Kier molecular flexibility index (Phi) is 3.53. The molecule has 0 aromatic heterocycles. The molecule has 1 fully saturated rings. The second kappa shape index (κ2) is 5.09. The average molecular weight is 241 g/mol. The van der Waals surface area contributed by atoms with E-state index in [9.17, 15) is 14.5 Å². The van der Waals surface area contributed by atoms with Crippen molar-refractivity contribution in [2.75, 3.05) is 13.2 Å². The first kappa shape index (κ1) is 11.8. The van der Waals surface area contributed by atoms with E-state index in [-0.39, 0.29) is 18.5 Å². The van der Waals surface area contributed by atoms with Crippen molar-refractivity contribution in [3.05, 3.63) is 34.1 Å². The molecule has 2 rings (SSSR count). The summed E-state index contributed by atoms with van der Waals surface area (Å²) in [5.74, 6) is -0.939. The number of rotatable bonds is 4. The van der Waals surface area contributed by atoms with Crippen LogP contribution in [0.15, 0.2) is 18.2 Å². The van der Waals surface area contributed by atoms with Gasteiger partial charge in [-0.1, -0.05) is 6.07 Å². The highest BCUT2D eigenvalue weighted by molar-refractivity contribution is 5.47. The van der Waals surface area contributed by atoms with Crippen LogP contribution in [0.4, 0.5) is 10.1 Å². The summed E-state index contributed by atoms with van der Waals surface area (Å²) in [7, 11) is 0. The van der Waals surface area contributed by atoms with Gasteiger partial charge in [0.15, 0.2) is 5.75 Å². The molecule has 1 saturated heterocycles. The van der Waals surface area contributed by atoms with Crippen LogP contribution < -0.4 is 4.74 Å². The van der Waals surface area contributed by atoms with Gasteiger partial charge in [0.2, 0.25) is 5.82 Å². The zero-order valence-electron chi connectivity index (χ0n) is 9.10. The number of halogens is 1. The molecular formula is C11H12FNO4. The lowest BCUT2D eigenvalue weighted by Crippen LogP contribution is -2.16. The second-order valence-electron chi connectivity index (χ2n) is 3.79. The third kappa shape index (κ3) is 2.71. The summed E-state index contributed by atoms with van der Waals surface area (Å²) in [6.07, 6.45) is 1.76. The molecule has 1 unspecified atom stereocenters. The van der Waals surface area contributed by atoms with Crippen LogP contribution in [0.3, 0.4) is 0 Å². The van der Waals surface area contributed by atoms with E-state index < -0.39 is 16.4 Å². The highest BCUT2D eigenvalue weighted by Gasteiger charge is 2.23. The van der Waals surface area contributed by atoms with Crippen LogP contribution in [0, 0.1) is 15.9 Å². The molecular weight excluding hydrogens is 229 g/mol. The Morgan fingerprint density at radius 2 is 2.41 bits per heavy atom. The van der Waals surface area contributed by atoms with E-state index in [4.69, 9.17) is 9.47 Å². The summed E-state index contributed by atoms with van der Waals surface area (Å²) >= 11 is 0. The lowest BCUT2D eigenvalue weighted by Gasteiger charge is -2.11. The molecule has 0 saturated carbocycles. The van der Waals surface area contributed by atoms with E-state index in [0.717, 1.165) is 18.9 Å². The summed E-state index contributed by atoms with van der Waals surface area (Å²) in [6, 6.07) is 3.81. The van der Waals surface area contributed by atoms with Crippen LogP contribution >= 0.6 is 0 Å². The van der Waals surface area contributed by atoms with Crippen molar-refractivity contribution in [1.82, 2.24) is 0 Å². The number of ether oxygens (including phenoxy) is 2. The number of hydrogen-bond acceptors (Lipinski definition) is 4. The van der Waals surface area contributed by atoms with Crippen molar-refractivity contribution in [2.45, 2.75) is 18.9 Å². The van der Waals surface area contributed by atoms with Crippen LogP contribution in [0.2, 0.25) is 0 Å². The molecule has 1 aromatic carbocycles. The van der Waals surface area contributed by atoms with E-state index in [1.54, 1.807) is 0 Å². The fraction of sp³-hybridized carbons (Fsp3) is 0.455. The summed E-state index contributed by atoms with van der Waals surface area (Å²) in [4.78, 5) is 9.92. The van der Waals surface area contributed by atoms with Crippen LogP contribution in [-0.4, -0.2) is 24.2 Å². The molecule has 17 heavy (non-hydrogen) atoms. The van der Waals surface area contributed by atoms with Crippen molar-refractivity contribution >= 4 is 5.69 Å². The first-order valence-electron chi connectivity index (χ1n) is 5.36. The van der Waals surface area contributed by atoms with Crippen molar-refractivity contribution in [2.24, 2.45) is 0 Å². The zero-order chi connectivity index (χ0) is 12.3. The molecule has 0 aliphatic carbocycles. The second-order valence-corrected chi connectivity index (χ2v) is 3.79. The summed E-state index contributed by atoms with van der Waals surface area (Å²) in [5, 5.41) is 10.7. The molecule has 0 N–H and O–H groups in total. The van der Waals surface area contributed by atoms with Crippen molar-refractivity contribution in [3.8, 4) is 5.75 Å². The maximum Gasteiger partial charge on any atom is 0.346 e. The lowest BCUT2D eigenvalue weighted by molar-refractivity contribution is -0.388. The zero-order valence-corrected chi connectivity index (χ0v) is 9.10. The van der Waals surface area contributed by atoms with Crippen molar-refractivity contribution < 1.29 is 18.8 Å². The van der Waals surface area contributed by atoms with Crippen LogP contribution in [-0.2, 0) is 4.74 Å². The Balaban J connectivity index is 2.09. The van der Waals surface area contributed by atoms with E-state index in [2.05, 4.69) is 0 Å². The van der Waals surface area contributed by atoms with Crippen LogP contribution in [0.5, 0.6) is 5.75 Å². The smallest absolute Gasteiger partial charge is 0.346 e. The van der Waals surface area contributed by atoms with Gasteiger partial charge in [0.05, 0.1) is 11.0 Å². The van der Waals surface area contributed by atoms with Gasteiger partial charge in [-0.05, 0) is 25.0 Å². The first-order valence-corrected chi connectivity index (χ1v) is 5.36. The first-order chi connectivity index (χ1) is 8.18. The quantitative estimate of drug-likeness (QED) is 0.599. The highest BCUT2D eigenvalue weighted by Crippen LogP contribution is 2.30. The normalized spacial score (nSPS) is 19.2. The summed E-state index contributed by atoms with van der Waals surface area (Å²) in [6.45, 7) is 0.892. The van der Waals surface area contributed by atoms with E-state index in [1.165, 1.54) is 12.1 Å². The largest absolute Gasteiger partial charge is 0.484 e. The minimum absolute atomic E-state index is 0.0505. The van der Waals surface area contributed by atoms with Gasteiger partial charge in [-0.25, -0.2) is 0 Å². The lowest BCUT2D eigenvalue weighted by atomic mass is 10.2. The number of nitro groups is 1. The molecule has 6 heteroatoms. The maximum atomic E-state index is 13.2. The fourth-order valence-corrected chi connectivity index (χ4v) is 1.75. The predicted molar refractivity (Wildman–Crippen MR) is 57.5 cm³/mol. The van der Waals surface area contributed by atoms with Gasteiger partial charge in [-0.3, -0.25) is 10.1 Å². The minimum atomic E-state index is -0.889. The minimum Gasteiger partial charge on any atom is -0.484 e. The molecule has 0 radical (unpaired) electrons. The average Bonchev–Trinajstić information content (AvgIpc) is 2.78. The monoisotopic (exact) mass is 241 g/mol. The predicted octanol–water partition coefficient (Wildman–Crippen LogP) is 2.29. The molecule has 1 aliphatic heterocycles. The third-order valence-electron chi connectivity index (χ3n) is 2.58. The molecule has 0 amide bonds. The Morgan fingerprint density at radius 1 is 1.59 bits per heavy atom. The molecule has 1 heterocycles. The van der Waals surface area contributed by atoms with Crippen LogP contribution in [0.1, 0.15) is 12.8 Å². The molecule has 1 atom stereocenters. The van der Waals surface area contributed by atoms with Crippen molar-refractivity contribution in [3.63, 3.8) is 0 Å². The van der Waals surface area contributed by atoms with Crippen molar-refractivity contribution in [1.29, 1.82) is 0 Å². The van der Waals surface area contributed by atoms with Gasteiger partial charge in [0.1, 0.15) is 6.61 Å². The summed E-state index contributed by atoms with van der Waals surface area (Å²) in [5.41, 5.74) is -0.620. The maximum absolute atomic E-state index is 13.2. The van der Waals surface area contributed by atoms with Gasteiger partial charge in [-0.2, -0.15) is 4.39 Å². The van der Waals surface area contributed by atoms with Gasteiger partial charge in [0, 0.05) is 6.61 Å². The SMILES string of the molecule is O=[N+]([O-])c1c(F)cccc1OCC1CCCO1. The molecule has 0 spiro atoms. The number of hydrogen-bond donors (Lipinski definition) is 0. The Morgan fingerprint density at radius 3 is 3.06 bits per heavy atom. The van der Waals surface area contributed by atoms with Crippen LogP contribution in [0.25, 0.3) is 0 Å². The Hall–Kier alpha value is -1.69. The Labute approximate surface area is 97.3 Å². The molecule has 5 nitrogen and oxygen atoms in total. The fourth-order valence-electron chi connectivity index (χ4n) is 1.75. The Bertz CT molecular complexity index is 418. The number of nitrogens with zero attached hydrogens (tertiary/aromatic N) is 1. The number of benzene rings is 1. The van der Waals surface area contributed by atoms with Gasteiger partial charge >= 0.3 is 5.69 Å². The molecule has 1 aromatic rings.